The third-order valence-electron chi connectivity index (χ3n) is 23.7. The van der Waals surface area contributed by atoms with Crippen molar-refractivity contribution in [3.05, 3.63) is 0 Å². The summed E-state index contributed by atoms with van der Waals surface area (Å²) >= 11 is 0. The normalized spacial score (nSPS) is 52.6. The van der Waals surface area contributed by atoms with Gasteiger partial charge in [-0.3, -0.25) is 9.59 Å². The Morgan fingerprint density at radius 3 is 0.928 bits per heavy atom. The van der Waals surface area contributed by atoms with Gasteiger partial charge in [0, 0.05) is 13.8 Å². The first kappa shape index (κ1) is 102. The molecule has 1 unspecified atom stereocenters. The average molecular weight is 1840 g/mol. The minimum Gasteiger partial charge on any atom is -0.394 e. The van der Waals surface area contributed by atoms with Gasteiger partial charge in [0.25, 0.3) is 0 Å². The molecule has 0 spiro atoms. The van der Waals surface area contributed by atoms with E-state index in [-0.39, 0.29) is 0 Å². The number of hydrogen-bond donors (Lipinski definition) is 32. The number of aliphatic hydroxyl groups excluding tert-OH is 30. The zero-order valence-electron chi connectivity index (χ0n) is 67.2. The fraction of sp³-hybridized carbons (Fsp3) is 0.971. The Balaban J connectivity index is 0.999. The summed E-state index contributed by atoms with van der Waals surface area (Å²) < 4.78 is 127. The summed E-state index contributed by atoms with van der Waals surface area (Å²) in [6, 6.07) is -4.30. The van der Waals surface area contributed by atoms with Crippen molar-refractivity contribution in [1.29, 1.82) is 0 Å². The molecular formula is C70H118N2O53. The summed E-state index contributed by atoms with van der Waals surface area (Å²) in [6.07, 6.45) is -112. The van der Waals surface area contributed by atoms with Crippen molar-refractivity contribution in [1.82, 2.24) is 10.6 Å². The van der Waals surface area contributed by atoms with Gasteiger partial charge in [0.1, 0.15) is 250 Å². The number of nitrogens with one attached hydrogen (secondary N) is 2. The SMILES string of the molecule is CC(=O)N[C@@H]1[C@@H](O[C@@H]2O[C@@H](C)[C@@H](O)[C@@H](O)[C@@H]2O)[C@H](O[C@@H]2O[C@H](CO)[C@@H](O[C@@H]3O[C@H](CO)[C@@H](O[C@@H]4O[C@H](CO)[C@H](O)[C@H](O)[C@H]4O)[C@H](O[C@H]4O[C@H](CO)[C@@H](O[C@H]5O[C@H](CO)[C@H](O)[C@H](O)[C@H]5O)[C@H](O)[C@@H]4O)[C@@H]3O)[C@H](O[C@@H]3O[C@@H](C)[C@@H](O)[C@@H](O)[C@@H]3OC3O[C@H](CO)[C@H](O)[C@H](O)[C@H]3O)[C@H]2NC(C)=O)[C@@H](CO[C@@H]2O[C@@H](C)[C@@H](O[C@@H]3O[C@H](CO)[C@H](O)[C@H](O)[C@H]3O)[C@@H](O)[C@@H]2O)O[C@H]1O. The van der Waals surface area contributed by atoms with E-state index in [9.17, 15) is 163 Å². The van der Waals surface area contributed by atoms with E-state index >= 15 is 0 Å². The van der Waals surface area contributed by atoms with Gasteiger partial charge >= 0.3 is 0 Å². The molecule has 55 heteroatoms. The zero-order chi connectivity index (χ0) is 91.8. The molecule has 11 saturated heterocycles. The molecule has 11 aliphatic rings. The molecule has 0 radical (unpaired) electrons. The third-order valence-corrected chi connectivity index (χ3v) is 23.7. The summed E-state index contributed by atoms with van der Waals surface area (Å²) in [5.74, 6) is -2.12. The number of carbonyl (C=O) groups is 2. The molecule has 0 aromatic carbocycles. The Kier molecular flexibility index (Phi) is 36.0. The highest BCUT2D eigenvalue weighted by molar-refractivity contribution is 5.73. The lowest BCUT2D eigenvalue weighted by molar-refractivity contribution is -0.412. The van der Waals surface area contributed by atoms with Crippen LogP contribution in [0.25, 0.3) is 0 Å². The third kappa shape index (κ3) is 21.8. The van der Waals surface area contributed by atoms with E-state index in [0.717, 1.165) is 20.8 Å². The maximum absolute atomic E-state index is 14.2. The first-order valence-electron chi connectivity index (χ1n) is 40.3. The molecule has 726 valence electrons. The van der Waals surface area contributed by atoms with E-state index in [0.29, 0.717) is 0 Å². The number of amides is 2. The van der Waals surface area contributed by atoms with Crippen molar-refractivity contribution in [2.24, 2.45) is 0 Å². The van der Waals surface area contributed by atoms with E-state index in [1.807, 2.05) is 0 Å². The molecule has 11 heterocycles. The van der Waals surface area contributed by atoms with Crippen molar-refractivity contribution in [3.63, 3.8) is 0 Å². The lowest BCUT2D eigenvalue weighted by atomic mass is 9.92. The van der Waals surface area contributed by atoms with Gasteiger partial charge in [-0.1, -0.05) is 0 Å². The van der Waals surface area contributed by atoms with Crippen LogP contribution in [0.2, 0.25) is 0 Å². The van der Waals surface area contributed by atoms with Crippen LogP contribution < -0.4 is 10.6 Å². The highest BCUT2D eigenvalue weighted by Crippen LogP contribution is 2.43. The fourth-order valence-corrected chi connectivity index (χ4v) is 16.5. The van der Waals surface area contributed by atoms with Crippen LogP contribution in [0.4, 0.5) is 0 Å². The monoisotopic (exact) mass is 1830 g/mol. The molecule has 2 amide bonds. The number of carbonyl (C=O) groups excluding carboxylic acids is 2. The molecule has 0 bridgehead atoms. The highest BCUT2D eigenvalue weighted by atomic mass is 16.8. The van der Waals surface area contributed by atoms with E-state index < -0.39 is 402 Å². The fourth-order valence-electron chi connectivity index (χ4n) is 16.5. The van der Waals surface area contributed by atoms with Crippen molar-refractivity contribution < 1.29 is 262 Å². The number of ether oxygens (including phenoxy) is 21. The summed E-state index contributed by atoms with van der Waals surface area (Å²) in [7, 11) is 0. The molecule has 11 fully saturated rings. The highest BCUT2D eigenvalue weighted by Gasteiger charge is 2.63. The maximum atomic E-state index is 14.2. The van der Waals surface area contributed by atoms with E-state index in [2.05, 4.69) is 10.6 Å². The van der Waals surface area contributed by atoms with Gasteiger partial charge in [0.05, 0.1) is 71.2 Å². The van der Waals surface area contributed by atoms with Crippen LogP contribution in [0.5, 0.6) is 0 Å². The lowest BCUT2D eigenvalue weighted by Crippen LogP contribution is -2.73. The predicted octanol–water partition coefficient (Wildman–Crippen LogP) is -21.6. The number of aliphatic hydroxyl groups is 30. The molecular weight excluding hydrogens is 1720 g/mol. The van der Waals surface area contributed by atoms with Crippen molar-refractivity contribution in [3.8, 4) is 0 Å². The van der Waals surface area contributed by atoms with E-state index in [4.69, 9.17) is 99.5 Å². The van der Waals surface area contributed by atoms with Crippen LogP contribution in [0, 0.1) is 0 Å². The summed E-state index contributed by atoms with van der Waals surface area (Å²) in [5.41, 5.74) is 0. The second kappa shape index (κ2) is 43.9. The van der Waals surface area contributed by atoms with Crippen LogP contribution in [-0.4, -0.2) is 556 Å². The molecule has 0 saturated carbocycles. The van der Waals surface area contributed by atoms with Crippen LogP contribution in [-0.2, 0) is 109 Å². The summed E-state index contributed by atoms with van der Waals surface area (Å²) in [4.78, 5) is 27.6. The first-order valence-corrected chi connectivity index (χ1v) is 40.3. The summed E-state index contributed by atoms with van der Waals surface area (Å²) in [5, 5.41) is 339. The van der Waals surface area contributed by atoms with Crippen LogP contribution in [0.15, 0.2) is 0 Å². The molecule has 11 aliphatic heterocycles. The van der Waals surface area contributed by atoms with E-state index in [1.54, 1.807) is 0 Å². The summed E-state index contributed by atoms with van der Waals surface area (Å²) in [6.45, 7) is -3.76. The standard InChI is InChI=1S/C70H118N2O53/c1-14-29(82)35(88)43(96)63(106-14)122-56-27(71-17(4)80)60(104)109-26(13-105-62-48(101)41(94)51(16(3)108-62)117-64-44(97)36(89)31(84)19(6-73)110-64)55(56)119-61-28(72-18(5)81)57(123-70-59(40(93)30(83)15(2)107-70)125-67-47(100)39(92)34(87)22(9-76)113-67)53(24(11-78)114-61)120-69-50(103)58(54(25(12-79)116-69)121-66-46(99)38(91)33(86)21(8-75)112-66)124-68-49(102)42(95)52(23(10-77)115-68)118-65-45(98)37(90)32(85)20(7-74)111-65/h14-16,19-70,73-79,82-104H,6-13H2,1-5H3,(H,71,80)(H,72,81)/t14-,15-,16-,19+,20+,21+,22+,23+,24+,25+,26+,27+,28+,29+,30+,31-,32-,33-,34-,35+,36-,37-,38-,39-,40+,41-,42+,43-,44+,45+,46+,47+,48-,49-,50-,51+,52+,53+,54+,55+,56+,57+,58+,59-,60+,61-,62+,63-,64-,65+,66-,67?,68+,69-,70-/m0/s1. The minimum absolute atomic E-state index is 0.857. The van der Waals surface area contributed by atoms with Crippen LogP contribution >= 0.6 is 0 Å². The van der Waals surface area contributed by atoms with Crippen molar-refractivity contribution in [2.75, 3.05) is 52.9 Å². The second-order valence-corrected chi connectivity index (χ2v) is 32.3. The minimum atomic E-state index is -2.69. The first-order chi connectivity index (χ1) is 59.1. The Morgan fingerprint density at radius 1 is 0.224 bits per heavy atom. The molecule has 0 aliphatic carbocycles. The quantitative estimate of drug-likeness (QED) is 0.0318. The smallest absolute Gasteiger partial charge is 0.217 e. The van der Waals surface area contributed by atoms with Crippen LogP contribution in [0.3, 0.4) is 0 Å². The topological polar surface area (TPSA) is 859 Å². The van der Waals surface area contributed by atoms with Gasteiger partial charge in [0.15, 0.2) is 69.2 Å². The Bertz CT molecular complexity index is 3320. The largest absolute Gasteiger partial charge is 0.394 e. The van der Waals surface area contributed by atoms with Crippen molar-refractivity contribution >= 4 is 11.8 Å². The van der Waals surface area contributed by atoms with Crippen LogP contribution in [0.1, 0.15) is 34.6 Å². The van der Waals surface area contributed by atoms with Gasteiger partial charge in [0.2, 0.25) is 11.8 Å². The lowest BCUT2D eigenvalue weighted by Gasteiger charge is -2.53. The zero-order valence-corrected chi connectivity index (χ0v) is 67.2. The number of hydrogen-bond acceptors (Lipinski definition) is 53. The Morgan fingerprint density at radius 2 is 0.488 bits per heavy atom. The van der Waals surface area contributed by atoms with E-state index in [1.165, 1.54) is 13.8 Å². The molecule has 0 aromatic rings. The van der Waals surface area contributed by atoms with Gasteiger partial charge in [-0.15, -0.1) is 0 Å². The van der Waals surface area contributed by atoms with Crippen molar-refractivity contribution in [2.45, 2.75) is 372 Å². The maximum Gasteiger partial charge on any atom is 0.217 e. The predicted molar refractivity (Wildman–Crippen MR) is 381 cm³/mol. The Labute approximate surface area is 707 Å². The second-order valence-electron chi connectivity index (χ2n) is 32.3. The molecule has 125 heavy (non-hydrogen) atoms. The Hall–Kier alpha value is -3.10. The van der Waals surface area contributed by atoms with Gasteiger partial charge in [-0.2, -0.15) is 0 Å². The molecule has 55 atom stereocenters. The van der Waals surface area contributed by atoms with Gasteiger partial charge in [-0.25, -0.2) is 0 Å². The molecule has 11 rings (SSSR count). The molecule has 55 nitrogen and oxygen atoms in total. The average Bonchev–Trinajstić information content (AvgIpc) is 0.750. The molecule has 0 aromatic heterocycles. The van der Waals surface area contributed by atoms with Gasteiger partial charge < -0.3 is 263 Å². The number of rotatable bonds is 30. The van der Waals surface area contributed by atoms with Gasteiger partial charge in [-0.05, 0) is 20.8 Å². The molecule has 32 N–H and O–H groups in total.